The first-order valence-corrected chi connectivity index (χ1v) is 7.02. The van der Waals surface area contributed by atoms with E-state index in [2.05, 4.69) is 25.1 Å². The molecule has 3 nitrogen and oxygen atoms in total. The maximum Gasteiger partial charge on any atom is 0.222 e. The van der Waals surface area contributed by atoms with E-state index in [9.17, 15) is 9.90 Å². The molecule has 0 bridgehead atoms. The number of aryl methyl sites for hydroxylation is 2. The minimum Gasteiger partial charge on any atom is -0.393 e. The van der Waals surface area contributed by atoms with E-state index in [-0.39, 0.29) is 12.0 Å². The minimum absolute atomic E-state index is 0.138. The summed E-state index contributed by atoms with van der Waals surface area (Å²) in [5.74, 6) is 0.686. The zero-order valence-corrected chi connectivity index (χ0v) is 11.8. The summed E-state index contributed by atoms with van der Waals surface area (Å²) >= 11 is 0. The lowest BCUT2D eigenvalue weighted by atomic mass is 9.82. The average Bonchev–Trinajstić information content (AvgIpc) is 2.34. The quantitative estimate of drug-likeness (QED) is 0.882. The molecule has 0 unspecified atom stereocenters. The summed E-state index contributed by atoms with van der Waals surface area (Å²) in [6, 6.07) is 8.31. The van der Waals surface area contributed by atoms with E-state index in [4.69, 9.17) is 0 Å². The number of benzene rings is 1. The Labute approximate surface area is 115 Å². The Hall–Kier alpha value is -1.35. The molecular weight excluding hydrogens is 238 g/mol. The van der Waals surface area contributed by atoms with E-state index < -0.39 is 0 Å². The summed E-state index contributed by atoms with van der Waals surface area (Å²) in [7, 11) is 1.86. The molecular formula is C16H23NO2. The van der Waals surface area contributed by atoms with Gasteiger partial charge in [-0.15, -0.1) is 0 Å². The van der Waals surface area contributed by atoms with Gasteiger partial charge in [0.2, 0.25) is 5.91 Å². The van der Waals surface area contributed by atoms with Crippen LogP contribution in [-0.4, -0.2) is 35.6 Å². The first kappa shape index (κ1) is 14.1. The average molecular weight is 261 g/mol. The SMILES string of the molecule is Cc1cccc(CCC(=O)N(C)CC2CC(O)C2)c1. The fourth-order valence-electron chi connectivity index (χ4n) is 2.65. The van der Waals surface area contributed by atoms with Crippen molar-refractivity contribution in [3.8, 4) is 0 Å². The van der Waals surface area contributed by atoms with Crippen LogP contribution in [0.5, 0.6) is 0 Å². The molecule has 0 heterocycles. The standard InChI is InChI=1S/C16H23NO2/c1-12-4-3-5-13(8-12)6-7-16(19)17(2)11-14-9-15(18)10-14/h3-5,8,14-15,18H,6-7,9-11H2,1-2H3. The number of amides is 1. The lowest BCUT2D eigenvalue weighted by molar-refractivity contribution is -0.131. The predicted molar refractivity (Wildman–Crippen MR) is 75.9 cm³/mol. The van der Waals surface area contributed by atoms with Gasteiger partial charge in [0, 0.05) is 20.0 Å². The number of hydrogen-bond acceptors (Lipinski definition) is 2. The van der Waals surface area contributed by atoms with Gasteiger partial charge in [0.25, 0.3) is 0 Å². The molecule has 3 heteroatoms. The van der Waals surface area contributed by atoms with Crippen LogP contribution in [0.4, 0.5) is 0 Å². The van der Waals surface area contributed by atoms with Gasteiger partial charge in [0.15, 0.2) is 0 Å². The maximum atomic E-state index is 12.0. The van der Waals surface area contributed by atoms with Gasteiger partial charge >= 0.3 is 0 Å². The van der Waals surface area contributed by atoms with Crippen molar-refractivity contribution in [3.63, 3.8) is 0 Å². The fourth-order valence-corrected chi connectivity index (χ4v) is 2.65. The van der Waals surface area contributed by atoms with Crippen molar-refractivity contribution in [2.24, 2.45) is 5.92 Å². The molecule has 0 atom stereocenters. The smallest absolute Gasteiger partial charge is 0.222 e. The summed E-state index contributed by atoms with van der Waals surface area (Å²) in [6.07, 6.45) is 2.92. The van der Waals surface area contributed by atoms with Gasteiger partial charge in [-0.3, -0.25) is 4.79 Å². The van der Waals surface area contributed by atoms with Crippen LogP contribution < -0.4 is 0 Å². The highest BCUT2D eigenvalue weighted by Crippen LogP contribution is 2.27. The van der Waals surface area contributed by atoms with Gasteiger partial charge in [0.05, 0.1) is 6.10 Å². The van der Waals surface area contributed by atoms with Crippen LogP contribution in [0.25, 0.3) is 0 Å². The molecule has 1 aliphatic rings. The monoisotopic (exact) mass is 261 g/mol. The molecule has 0 radical (unpaired) electrons. The Kier molecular flexibility index (Phi) is 4.59. The zero-order valence-electron chi connectivity index (χ0n) is 11.8. The Morgan fingerprint density at radius 2 is 2.16 bits per heavy atom. The summed E-state index contributed by atoms with van der Waals surface area (Å²) in [5.41, 5.74) is 2.46. The molecule has 1 N–H and O–H groups in total. The maximum absolute atomic E-state index is 12.0. The zero-order chi connectivity index (χ0) is 13.8. The molecule has 1 fully saturated rings. The van der Waals surface area contributed by atoms with Crippen molar-refractivity contribution in [2.45, 2.75) is 38.7 Å². The van der Waals surface area contributed by atoms with Gasteiger partial charge < -0.3 is 10.0 Å². The van der Waals surface area contributed by atoms with Crippen LogP contribution in [0.2, 0.25) is 0 Å². The lowest BCUT2D eigenvalue weighted by Crippen LogP contribution is -2.39. The van der Waals surface area contributed by atoms with Crippen LogP contribution in [0.1, 0.15) is 30.4 Å². The first-order valence-electron chi connectivity index (χ1n) is 7.02. The molecule has 0 aliphatic heterocycles. The number of hydrogen-bond donors (Lipinski definition) is 1. The molecule has 1 aromatic carbocycles. The lowest BCUT2D eigenvalue weighted by Gasteiger charge is -2.34. The number of aliphatic hydroxyl groups is 1. The van der Waals surface area contributed by atoms with Crippen molar-refractivity contribution in [1.29, 1.82) is 0 Å². The van der Waals surface area contributed by atoms with E-state index in [1.807, 2.05) is 18.0 Å². The molecule has 1 saturated carbocycles. The third-order valence-corrected chi connectivity index (χ3v) is 3.88. The molecule has 1 amide bonds. The molecule has 1 aliphatic carbocycles. The predicted octanol–water partition coefficient (Wildman–Crippen LogP) is 2.16. The van der Waals surface area contributed by atoms with Crippen molar-refractivity contribution in [2.75, 3.05) is 13.6 Å². The van der Waals surface area contributed by atoms with Crippen molar-refractivity contribution in [1.82, 2.24) is 4.90 Å². The molecule has 0 saturated heterocycles. The van der Waals surface area contributed by atoms with E-state index >= 15 is 0 Å². The van der Waals surface area contributed by atoms with Gasteiger partial charge in [-0.2, -0.15) is 0 Å². The third-order valence-electron chi connectivity index (χ3n) is 3.88. The summed E-state index contributed by atoms with van der Waals surface area (Å²) in [6.45, 7) is 2.85. The second kappa shape index (κ2) is 6.20. The van der Waals surface area contributed by atoms with E-state index in [1.54, 1.807) is 0 Å². The van der Waals surface area contributed by atoms with Crippen LogP contribution in [0.15, 0.2) is 24.3 Å². The highest BCUT2D eigenvalue weighted by Gasteiger charge is 2.28. The summed E-state index contributed by atoms with van der Waals surface area (Å²) in [4.78, 5) is 13.8. The molecule has 2 rings (SSSR count). The van der Waals surface area contributed by atoms with Crippen LogP contribution in [0.3, 0.4) is 0 Å². The summed E-state index contributed by atoms with van der Waals surface area (Å²) < 4.78 is 0. The van der Waals surface area contributed by atoms with Crippen molar-refractivity contribution >= 4 is 5.91 Å². The topological polar surface area (TPSA) is 40.5 Å². The Balaban J connectivity index is 1.74. The number of rotatable bonds is 5. The minimum atomic E-state index is -0.138. The normalized spacial score (nSPS) is 21.8. The van der Waals surface area contributed by atoms with Crippen molar-refractivity contribution < 1.29 is 9.90 Å². The highest BCUT2D eigenvalue weighted by molar-refractivity contribution is 5.76. The highest BCUT2D eigenvalue weighted by atomic mass is 16.3. The third kappa shape index (κ3) is 4.06. The summed E-state index contributed by atoms with van der Waals surface area (Å²) in [5, 5.41) is 9.24. The molecule has 19 heavy (non-hydrogen) atoms. The van der Waals surface area contributed by atoms with Gasteiger partial charge in [-0.25, -0.2) is 0 Å². The number of nitrogens with zero attached hydrogens (tertiary/aromatic N) is 1. The van der Waals surface area contributed by atoms with E-state index in [0.717, 1.165) is 25.8 Å². The Morgan fingerprint density at radius 3 is 2.79 bits per heavy atom. The fraction of sp³-hybridized carbons (Fsp3) is 0.562. The number of aliphatic hydroxyl groups excluding tert-OH is 1. The van der Waals surface area contributed by atoms with Crippen molar-refractivity contribution in [3.05, 3.63) is 35.4 Å². The number of carbonyl (C=O) groups excluding carboxylic acids is 1. The first-order chi connectivity index (χ1) is 9.04. The van der Waals surface area contributed by atoms with Gasteiger partial charge in [-0.05, 0) is 37.7 Å². The molecule has 0 spiro atoms. The molecule has 0 aromatic heterocycles. The van der Waals surface area contributed by atoms with Gasteiger partial charge in [-0.1, -0.05) is 29.8 Å². The van der Waals surface area contributed by atoms with Crippen LogP contribution in [0, 0.1) is 12.8 Å². The second-order valence-corrected chi connectivity index (χ2v) is 5.75. The largest absolute Gasteiger partial charge is 0.393 e. The second-order valence-electron chi connectivity index (χ2n) is 5.75. The van der Waals surface area contributed by atoms with Crippen LogP contribution in [-0.2, 0) is 11.2 Å². The van der Waals surface area contributed by atoms with E-state index in [0.29, 0.717) is 12.3 Å². The Morgan fingerprint density at radius 1 is 1.42 bits per heavy atom. The number of carbonyl (C=O) groups is 1. The van der Waals surface area contributed by atoms with E-state index in [1.165, 1.54) is 11.1 Å². The molecule has 104 valence electrons. The molecule has 1 aromatic rings. The van der Waals surface area contributed by atoms with Crippen LogP contribution >= 0.6 is 0 Å². The van der Waals surface area contributed by atoms with Gasteiger partial charge in [0.1, 0.15) is 0 Å². The Bertz CT molecular complexity index is 438.